The fraction of sp³-hybridized carbons (Fsp3) is 0.600. The first-order chi connectivity index (χ1) is 7.18. The second kappa shape index (κ2) is 3.92. The van der Waals surface area contributed by atoms with Crippen LogP contribution in [0.4, 0.5) is 11.5 Å². The monoisotopic (exact) mass is 208 g/mol. The Morgan fingerprint density at radius 3 is 3.00 bits per heavy atom. The van der Waals surface area contributed by atoms with Crippen LogP contribution in [0.25, 0.3) is 0 Å². The normalized spacial score (nSPS) is 18.2. The molecule has 1 aliphatic carbocycles. The Morgan fingerprint density at radius 1 is 1.67 bits per heavy atom. The van der Waals surface area contributed by atoms with Gasteiger partial charge in [-0.2, -0.15) is 0 Å². The van der Waals surface area contributed by atoms with E-state index in [0.29, 0.717) is 17.8 Å². The lowest BCUT2D eigenvalue weighted by Crippen LogP contribution is -2.32. The summed E-state index contributed by atoms with van der Waals surface area (Å²) in [6.07, 6.45) is 5.16. The molecule has 0 bridgehead atoms. The van der Waals surface area contributed by atoms with Crippen molar-refractivity contribution in [2.24, 2.45) is 5.92 Å². The zero-order chi connectivity index (χ0) is 10.8. The number of aromatic nitrogens is 2. The van der Waals surface area contributed by atoms with Crippen molar-refractivity contribution < 1.29 is 0 Å². The molecule has 1 heterocycles. The Balaban J connectivity index is 2.09. The molecule has 15 heavy (non-hydrogen) atoms. The molecule has 0 amide bonds. The summed E-state index contributed by atoms with van der Waals surface area (Å²) in [5.74, 6) is 1.18. The van der Waals surface area contributed by atoms with Crippen molar-refractivity contribution in [1.82, 2.24) is 9.97 Å². The highest BCUT2D eigenvalue weighted by atomic mass is 16.1. The molecule has 4 N–H and O–H groups in total. The Bertz CT molecular complexity index is 397. The van der Waals surface area contributed by atoms with E-state index >= 15 is 0 Å². The lowest BCUT2D eigenvalue weighted by Gasteiger charge is -2.32. The molecule has 1 atom stereocenters. The summed E-state index contributed by atoms with van der Waals surface area (Å²) in [7, 11) is 0. The first-order valence-corrected chi connectivity index (χ1v) is 5.28. The largest absolute Gasteiger partial charge is 0.391 e. The minimum Gasteiger partial charge on any atom is -0.391 e. The van der Waals surface area contributed by atoms with E-state index in [-0.39, 0.29) is 11.2 Å². The molecule has 5 nitrogen and oxygen atoms in total. The lowest BCUT2D eigenvalue weighted by atomic mass is 9.80. The van der Waals surface area contributed by atoms with E-state index in [1.165, 1.54) is 25.6 Å². The first kappa shape index (κ1) is 10.0. The molecular weight excluding hydrogens is 192 g/mol. The molecule has 1 aromatic heterocycles. The van der Waals surface area contributed by atoms with E-state index in [9.17, 15) is 4.79 Å². The van der Waals surface area contributed by atoms with Gasteiger partial charge in [0.15, 0.2) is 5.82 Å². The van der Waals surface area contributed by atoms with Crippen LogP contribution in [0, 0.1) is 5.92 Å². The molecule has 82 valence electrons. The Kier molecular flexibility index (Phi) is 2.62. The Morgan fingerprint density at radius 2 is 2.40 bits per heavy atom. The van der Waals surface area contributed by atoms with Gasteiger partial charge < -0.3 is 16.0 Å². The molecular formula is C10H16N4O. The topological polar surface area (TPSA) is 83.8 Å². The van der Waals surface area contributed by atoms with Gasteiger partial charge in [-0.1, -0.05) is 6.42 Å². The summed E-state index contributed by atoms with van der Waals surface area (Å²) < 4.78 is 0. The Labute approximate surface area is 88.1 Å². The van der Waals surface area contributed by atoms with Crippen LogP contribution in [0.1, 0.15) is 26.2 Å². The van der Waals surface area contributed by atoms with Crippen molar-refractivity contribution >= 4 is 11.5 Å². The van der Waals surface area contributed by atoms with Gasteiger partial charge in [0.1, 0.15) is 5.69 Å². The van der Waals surface area contributed by atoms with Crippen LogP contribution in [0.2, 0.25) is 0 Å². The van der Waals surface area contributed by atoms with Crippen LogP contribution in [0.3, 0.4) is 0 Å². The van der Waals surface area contributed by atoms with Gasteiger partial charge in [0, 0.05) is 6.04 Å². The second-order valence-electron chi connectivity index (χ2n) is 4.12. The first-order valence-electron chi connectivity index (χ1n) is 5.28. The van der Waals surface area contributed by atoms with E-state index in [2.05, 4.69) is 22.2 Å². The smallest absolute Gasteiger partial charge is 0.276 e. The fourth-order valence-corrected chi connectivity index (χ4v) is 1.80. The summed E-state index contributed by atoms with van der Waals surface area (Å²) in [5.41, 5.74) is 5.51. The van der Waals surface area contributed by atoms with Crippen molar-refractivity contribution in [3.8, 4) is 0 Å². The number of anilines is 2. The van der Waals surface area contributed by atoms with Crippen molar-refractivity contribution in [3.63, 3.8) is 0 Å². The second-order valence-corrected chi connectivity index (χ2v) is 4.12. The quantitative estimate of drug-likeness (QED) is 0.690. The molecule has 0 aromatic carbocycles. The maximum Gasteiger partial charge on any atom is 0.276 e. The average molecular weight is 208 g/mol. The van der Waals surface area contributed by atoms with Gasteiger partial charge in [0.05, 0.1) is 6.33 Å². The summed E-state index contributed by atoms with van der Waals surface area (Å²) in [5, 5.41) is 3.20. The molecule has 1 saturated carbocycles. The van der Waals surface area contributed by atoms with Crippen molar-refractivity contribution in [3.05, 3.63) is 16.7 Å². The van der Waals surface area contributed by atoms with Gasteiger partial charge in [-0.3, -0.25) is 4.79 Å². The maximum absolute atomic E-state index is 11.2. The third-order valence-corrected chi connectivity index (χ3v) is 3.11. The summed E-state index contributed by atoms with van der Waals surface area (Å²) in [6.45, 7) is 2.10. The highest BCUT2D eigenvalue weighted by Gasteiger charge is 2.24. The lowest BCUT2D eigenvalue weighted by molar-refractivity contribution is 0.285. The highest BCUT2D eigenvalue weighted by Crippen LogP contribution is 2.31. The summed E-state index contributed by atoms with van der Waals surface area (Å²) in [4.78, 5) is 17.7. The number of hydrogen-bond acceptors (Lipinski definition) is 4. The number of nitrogens with one attached hydrogen (secondary N) is 2. The van der Waals surface area contributed by atoms with E-state index in [1.807, 2.05) is 0 Å². The maximum atomic E-state index is 11.2. The van der Waals surface area contributed by atoms with Crippen LogP contribution >= 0.6 is 0 Å². The van der Waals surface area contributed by atoms with Gasteiger partial charge in [0.2, 0.25) is 0 Å². The SMILES string of the molecule is CC(Nc1nc[nH]c(=O)c1N)C1CCC1. The zero-order valence-electron chi connectivity index (χ0n) is 8.79. The molecule has 5 heteroatoms. The molecule has 0 aliphatic heterocycles. The molecule has 0 radical (unpaired) electrons. The molecule has 1 fully saturated rings. The predicted molar refractivity (Wildman–Crippen MR) is 59.7 cm³/mol. The number of rotatable bonds is 3. The van der Waals surface area contributed by atoms with Crippen LogP contribution in [0.15, 0.2) is 11.1 Å². The van der Waals surface area contributed by atoms with Crippen LogP contribution in [-0.4, -0.2) is 16.0 Å². The van der Waals surface area contributed by atoms with Gasteiger partial charge in [0.25, 0.3) is 5.56 Å². The molecule has 1 unspecified atom stereocenters. The summed E-state index contributed by atoms with van der Waals surface area (Å²) >= 11 is 0. The van der Waals surface area contributed by atoms with E-state index < -0.39 is 0 Å². The number of nitrogens with two attached hydrogens (primary N) is 1. The minimum absolute atomic E-state index is 0.170. The van der Waals surface area contributed by atoms with Gasteiger partial charge in [-0.05, 0) is 25.7 Å². The molecule has 0 saturated heterocycles. The van der Waals surface area contributed by atoms with Crippen molar-refractivity contribution in [1.29, 1.82) is 0 Å². The number of nitrogen functional groups attached to an aromatic ring is 1. The Hall–Kier alpha value is -1.52. The molecule has 0 spiro atoms. The third kappa shape index (κ3) is 1.95. The number of nitrogens with zero attached hydrogens (tertiary/aromatic N) is 1. The van der Waals surface area contributed by atoms with Crippen LogP contribution < -0.4 is 16.6 Å². The minimum atomic E-state index is -0.284. The molecule has 1 aliphatic rings. The van der Waals surface area contributed by atoms with Crippen molar-refractivity contribution in [2.75, 3.05) is 11.1 Å². The number of hydrogen-bond donors (Lipinski definition) is 3. The number of aromatic amines is 1. The van der Waals surface area contributed by atoms with Crippen molar-refractivity contribution in [2.45, 2.75) is 32.2 Å². The fourth-order valence-electron chi connectivity index (χ4n) is 1.80. The van der Waals surface area contributed by atoms with Crippen LogP contribution in [-0.2, 0) is 0 Å². The standard InChI is InChI=1S/C10H16N4O/c1-6(7-3-2-4-7)14-9-8(11)10(15)13-5-12-9/h5-7H,2-4,11H2,1H3,(H2,12,13,14,15). The molecule has 1 aromatic rings. The van der Waals surface area contributed by atoms with Crippen LogP contribution in [0.5, 0.6) is 0 Å². The predicted octanol–water partition coefficient (Wildman–Crippen LogP) is 0.953. The van der Waals surface area contributed by atoms with Gasteiger partial charge >= 0.3 is 0 Å². The van der Waals surface area contributed by atoms with Gasteiger partial charge in [-0.15, -0.1) is 0 Å². The highest BCUT2D eigenvalue weighted by molar-refractivity contribution is 5.59. The number of H-pyrrole nitrogens is 1. The average Bonchev–Trinajstić information content (AvgIpc) is 2.10. The summed E-state index contributed by atoms with van der Waals surface area (Å²) in [6, 6.07) is 0.329. The zero-order valence-corrected chi connectivity index (χ0v) is 8.79. The third-order valence-electron chi connectivity index (χ3n) is 3.11. The van der Waals surface area contributed by atoms with E-state index in [1.54, 1.807) is 0 Å². The van der Waals surface area contributed by atoms with Gasteiger partial charge in [-0.25, -0.2) is 4.98 Å². The van der Waals surface area contributed by atoms with E-state index in [4.69, 9.17) is 5.73 Å². The molecule has 2 rings (SSSR count). The van der Waals surface area contributed by atoms with E-state index in [0.717, 1.165) is 0 Å².